The molecule has 1 atom stereocenters. The Morgan fingerprint density at radius 3 is 2.33 bits per heavy atom. The van der Waals surface area contributed by atoms with Crippen LogP contribution in [0.2, 0.25) is 0 Å². The molecule has 0 unspecified atom stereocenters. The van der Waals surface area contributed by atoms with Crippen LogP contribution in [0.1, 0.15) is 19.8 Å². The molecule has 0 heterocycles. The number of thiol groups is 1. The van der Waals surface area contributed by atoms with Gasteiger partial charge in [-0.15, -0.1) is 0 Å². The maximum Gasteiger partial charge on any atom is 0.0477 e. The van der Waals surface area contributed by atoms with Gasteiger partial charge in [-0.05, 0) is 6.42 Å². The molecule has 0 saturated carbocycles. The Morgan fingerprint density at radius 2 is 2.33 bits per heavy atom. The van der Waals surface area contributed by atoms with Gasteiger partial charge in [-0.25, -0.2) is 0 Å². The summed E-state index contributed by atoms with van der Waals surface area (Å²) in [6, 6.07) is 0. The van der Waals surface area contributed by atoms with Crippen molar-refractivity contribution in [2.24, 2.45) is 5.73 Å². The Labute approximate surface area is 44.3 Å². The van der Waals surface area contributed by atoms with Crippen LogP contribution in [0.15, 0.2) is 0 Å². The summed E-state index contributed by atoms with van der Waals surface area (Å²) in [4.78, 5) is 0. The van der Waals surface area contributed by atoms with E-state index >= 15 is 0 Å². The molecule has 2 N–H and O–H groups in total. The molecule has 0 aliphatic rings. The van der Waals surface area contributed by atoms with E-state index in [2.05, 4.69) is 19.6 Å². The maximum atomic E-state index is 5.27. The van der Waals surface area contributed by atoms with Gasteiger partial charge >= 0.3 is 0 Å². The quantitative estimate of drug-likeness (QED) is 0.397. The first kappa shape index (κ1) is 6.31. The molecule has 0 aromatic carbocycles. The zero-order valence-electron chi connectivity index (χ0n) is 4.02. The predicted octanol–water partition coefficient (Wildman–Crippen LogP) is 1.00. The molecule has 0 saturated heterocycles. The van der Waals surface area contributed by atoms with Crippen molar-refractivity contribution in [3.05, 3.63) is 0 Å². The highest BCUT2D eigenvalue weighted by molar-refractivity contribution is 7.80. The summed E-state index contributed by atoms with van der Waals surface area (Å²) in [5, 5.41) is 0.0926. The molecule has 6 heavy (non-hydrogen) atoms. The van der Waals surface area contributed by atoms with Crippen LogP contribution in [0, 0.1) is 0 Å². The minimum Gasteiger partial charge on any atom is -0.320 e. The normalized spacial score (nSPS) is 14.5. The van der Waals surface area contributed by atoms with Crippen LogP contribution in [0.3, 0.4) is 0 Å². The minimum absolute atomic E-state index is 0.0926. The van der Waals surface area contributed by atoms with Crippen molar-refractivity contribution in [1.82, 2.24) is 0 Å². The highest BCUT2D eigenvalue weighted by Crippen LogP contribution is 1.94. The van der Waals surface area contributed by atoms with Crippen LogP contribution in [0.4, 0.5) is 0 Å². The molecule has 0 aromatic rings. The molecule has 0 amide bonds. The fraction of sp³-hybridized carbons (Fsp3) is 1.00. The van der Waals surface area contributed by atoms with E-state index in [1.165, 1.54) is 0 Å². The number of hydrogen-bond acceptors (Lipinski definition) is 2. The molecule has 0 spiro atoms. The summed E-state index contributed by atoms with van der Waals surface area (Å²) >= 11 is 3.96. The lowest BCUT2D eigenvalue weighted by Crippen LogP contribution is -2.09. The molecular formula is C4H11NS. The Bertz CT molecular complexity index is 28.7. The van der Waals surface area contributed by atoms with Gasteiger partial charge in [-0.3, -0.25) is 0 Å². The van der Waals surface area contributed by atoms with Gasteiger partial charge in [0.05, 0.1) is 0 Å². The van der Waals surface area contributed by atoms with Gasteiger partial charge in [0.2, 0.25) is 0 Å². The first-order valence-corrected chi connectivity index (χ1v) is 2.72. The molecule has 1 nitrogen and oxygen atoms in total. The van der Waals surface area contributed by atoms with E-state index in [9.17, 15) is 0 Å². The lowest BCUT2D eigenvalue weighted by Gasteiger charge is -1.95. The first-order chi connectivity index (χ1) is 2.77. The van der Waals surface area contributed by atoms with Gasteiger partial charge in [0.25, 0.3) is 0 Å². The Balaban J connectivity index is 2.63. The van der Waals surface area contributed by atoms with Crippen molar-refractivity contribution in [2.75, 3.05) is 0 Å². The van der Waals surface area contributed by atoms with Gasteiger partial charge in [0.15, 0.2) is 0 Å². The van der Waals surface area contributed by atoms with E-state index in [4.69, 9.17) is 5.73 Å². The van der Waals surface area contributed by atoms with Crippen molar-refractivity contribution < 1.29 is 0 Å². The Hall–Kier alpha value is 0.310. The standard InChI is InChI=1S/C4H11NS/c1-2-3-4(5)6/h4,6H,2-3,5H2,1H3/t4-/m0/s1. The third-order valence-electron chi connectivity index (χ3n) is 0.584. The average molecular weight is 105 g/mol. The van der Waals surface area contributed by atoms with E-state index in [0.29, 0.717) is 0 Å². The molecule has 0 aliphatic heterocycles. The Morgan fingerprint density at radius 1 is 1.83 bits per heavy atom. The topological polar surface area (TPSA) is 26.0 Å². The fourth-order valence-corrected chi connectivity index (χ4v) is 0.554. The molecule has 0 fully saturated rings. The van der Waals surface area contributed by atoms with Crippen LogP contribution in [-0.4, -0.2) is 5.37 Å². The van der Waals surface area contributed by atoms with Crippen molar-refractivity contribution in [2.45, 2.75) is 25.1 Å². The molecule has 0 aliphatic carbocycles. The predicted molar refractivity (Wildman–Crippen MR) is 31.9 cm³/mol. The summed E-state index contributed by atoms with van der Waals surface area (Å²) in [6.45, 7) is 2.09. The number of hydrogen-bond donors (Lipinski definition) is 2. The van der Waals surface area contributed by atoms with Crippen LogP contribution >= 0.6 is 12.6 Å². The summed E-state index contributed by atoms with van der Waals surface area (Å²) in [6.07, 6.45) is 2.15. The van der Waals surface area contributed by atoms with Gasteiger partial charge in [-0.1, -0.05) is 13.3 Å². The zero-order valence-corrected chi connectivity index (χ0v) is 4.91. The monoisotopic (exact) mass is 105 g/mol. The minimum atomic E-state index is 0.0926. The highest BCUT2D eigenvalue weighted by atomic mass is 32.1. The zero-order chi connectivity index (χ0) is 4.99. The summed E-state index contributed by atoms with van der Waals surface area (Å²) < 4.78 is 0. The third kappa shape index (κ3) is 4.31. The van der Waals surface area contributed by atoms with Gasteiger partial charge in [-0.2, -0.15) is 12.6 Å². The molecule has 38 valence electrons. The van der Waals surface area contributed by atoms with Crippen molar-refractivity contribution in [3.8, 4) is 0 Å². The molecule has 0 aromatic heterocycles. The number of nitrogens with two attached hydrogens (primary N) is 1. The van der Waals surface area contributed by atoms with Crippen molar-refractivity contribution in [3.63, 3.8) is 0 Å². The summed E-state index contributed by atoms with van der Waals surface area (Å²) in [5.74, 6) is 0. The molecule has 0 radical (unpaired) electrons. The third-order valence-corrected chi connectivity index (χ3v) is 0.843. The lowest BCUT2D eigenvalue weighted by molar-refractivity contribution is 0.769. The van der Waals surface area contributed by atoms with Gasteiger partial charge < -0.3 is 5.73 Å². The largest absolute Gasteiger partial charge is 0.320 e. The Kier molecular flexibility index (Phi) is 3.68. The SMILES string of the molecule is CCC[C@@H](N)S. The summed E-state index contributed by atoms with van der Waals surface area (Å²) in [5.41, 5.74) is 5.27. The number of rotatable bonds is 2. The van der Waals surface area contributed by atoms with Gasteiger partial charge in [0, 0.05) is 5.37 Å². The first-order valence-electron chi connectivity index (χ1n) is 2.21. The van der Waals surface area contributed by atoms with Crippen LogP contribution < -0.4 is 5.73 Å². The van der Waals surface area contributed by atoms with E-state index in [0.717, 1.165) is 12.8 Å². The van der Waals surface area contributed by atoms with E-state index < -0.39 is 0 Å². The molecule has 0 rings (SSSR count). The van der Waals surface area contributed by atoms with Crippen molar-refractivity contribution >= 4 is 12.6 Å². The maximum absolute atomic E-state index is 5.27. The van der Waals surface area contributed by atoms with E-state index in [1.54, 1.807) is 0 Å². The van der Waals surface area contributed by atoms with Gasteiger partial charge in [0.1, 0.15) is 0 Å². The lowest BCUT2D eigenvalue weighted by atomic mass is 10.3. The average Bonchev–Trinajstić information content (AvgIpc) is 1.35. The van der Waals surface area contributed by atoms with Crippen LogP contribution in [0.5, 0.6) is 0 Å². The summed E-state index contributed by atoms with van der Waals surface area (Å²) in [7, 11) is 0. The second kappa shape index (κ2) is 3.50. The molecule has 0 bridgehead atoms. The van der Waals surface area contributed by atoms with Crippen LogP contribution in [0.25, 0.3) is 0 Å². The van der Waals surface area contributed by atoms with Crippen LogP contribution in [-0.2, 0) is 0 Å². The second-order valence-electron chi connectivity index (χ2n) is 1.36. The smallest absolute Gasteiger partial charge is 0.0477 e. The van der Waals surface area contributed by atoms with Crippen molar-refractivity contribution in [1.29, 1.82) is 0 Å². The van der Waals surface area contributed by atoms with E-state index in [1.807, 2.05) is 0 Å². The fourth-order valence-electron chi connectivity index (χ4n) is 0.296. The van der Waals surface area contributed by atoms with E-state index in [-0.39, 0.29) is 5.37 Å². The molecular weight excluding hydrogens is 94.1 g/mol. The molecule has 2 heteroatoms. The highest BCUT2D eigenvalue weighted by Gasteiger charge is 1.86. The second-order valence-corrected chi connectivity index (χ2v) is 2.02.